The third kappa shape index (κ3) is 1.62. The van der Waals surface area contributed by atoms with Gasteiger partial charge in [-0.25, -0.2) is 9.78 Å². The maximum absolute atomic E-state index is 10.6. The Morgan fingerprint density at radius 1 is 1.69 bits per heavy atom. The first kappa shape index (κ1) is 8.44. The molecule has 0 radical (unpaired) electrons. The number of carboxylic acids is 1. The summed E-state index contributed by atoms with van der Waals surface area (Å²) in [4.78, 5) is 14.8. The van der Waals surface area contributed by atoms with Crippen molar-refractivity contribution in [3.63, 3.8) is 0 Å². The predicted octanol–water partition coefficient (Wildman–Crippen LogP) is 2.12. The van der Waals surface area contributed by atoms with Gasteiger partial charge in [-0.15, -0.1) is 11.3 Å². The van der Waals surface area contributed by atoms with E-state index in [9.17, 15) is 4.79 Å². The van der Waals surface area contributed by atoms with Crippen LogP contribution in [0.15, 0.2) is 12.0 Å². The largest absolute Gasteiger partial charge is 0.478 e. The Balaban J connectivity index is 2.21. The number of carboxylic acid groups (broad SMARTS) is 1. The van der Waals surface area contributed by atoms with Crippen LogP contribution in [-0.2, 0) is 4.79 Å². The summed E-state index contributed by atoms with van der Waals surface area (Å²) in [6.07, 6.45) is 2.37. The summed E-state index contributed by atoms with van der Waals surface area (Å²) < 4.78 is 0. The van der Waals surface area contributed by atoms with Gasteiger partial charge >= 0.3 is 5.97 Å². The standard InChI is InChI=1S/C9H9NO2S/c1-5(9(11)12)7-4-13-8(10-7)6-2-3-6/h4,6H,1-3H2,(H,11,12). The summed E-state index contributed by atoms with van der Waals surface area (Å²) in [6.45, 7) is 3.46. The van der Waals surface area contributed by atoms with Crippen LogP contribution in [0.4, 0.5) is 0 Å². The molecule has 1 aromatic rings. The molecule has 0 aromatic carbocycles. The first-order chi connectivity index (χ1) is 6.18. The van der Waals surface area contributed by atoms with Crippen molar-refractivity contribution >= 4 is 22.9 Å². The maximum Gasteiger partial charge on any atom is 0.337 e. The van der Waals surface area contributed by atoms with Gasteiger partial charge in [0.2, 0.25) is 0 Å². The van der Waals surface area contributed by atoms with E-state index in [1.165, 1.54) is 24.2 Å². The number of aromatic nitrogens is 1. The van der Waals surface area contributed by atoms with Gasteiger partial charge in [0.15, 0.2) is 0 Å². The number of carbonyl (C=O) groups is 1. The molecule has 1 aliphatic carbocycles. The Morgan fingerprint density at radius 2 is 2.38 bits per heavy atom. The molecule has 0 aliphatic heterocycles. The molecule has 1 heterocycles. The van der Waals surface area contributed by atoms with E-state index in [0.717, 1.165) is 5.01 Å². The summed E-state index contributed by atoms with van der Waals surface area (Å²) in [6, 6.07) is 0. The Morgan fingerprint density at radius 3 is 2.92 bits per heavy atom. The van der Waals surface area contributed by atoms with Crippen LogP contribution in [0.1, 0.15) is 29.5 Å². The SMILES string of the molecule is C=C(C(=O)O)c1csc(C2CC2)n1. The number of thiazole rings is 1. The summed E-state index contributed by atoms with van der Waals surface area (Å²) >= 11 is 1.53. The molecular formula is C9H9NO2S. The highest BCUT2D eigenvalue weighted by molar-refractivity contribution is 7.09. The lowest BCUT2D eigenvalue weighted by molar-refractivity contribution is -0.130. The van der Waals surface area contributed by atoms with Crippen molar-refractivity contribution < 1.29 is 9.90 Å². The van der Waals surface area contributed by atoms with Gasteiger partial charge in [0, 0.05) is 11.3 Å². The molecule has 2 rings (SSSR count). The molecule has 1 N–H and O–H groups in total. The average Bonchev–Trinajstić information content (AvgIpc) is 2.83. The van der Waals surface area contributed by atoms with Gasteiger partial charge in [0.25, 0.3) is 0 Å². The predicted molar refractivity (Wildman–Crippen MR) is 50.8 cm³/mol. The molecule has 0 bridgehead atoms. The van der Waals surface area contributed by atoms with E-state index < -0.39 is 5.97 Å². The fourth-order valence-electron chi connectivity index (χ4n) is 1.05. The quantitative estimate of drug-likeness (QED) is 0.751. The van der Waals surface area contributed by atoms with Crippen molar-refractivity contribution in [2.75, 3.05) is 0 Å². The average molecular weight is 195 g/mol. The van der Waals surface area contributed by atoms with Gasteiger partial charge in [0.1, 0.15) is 0 Å². The Labute approximate surface area is 79.7 Å². The van der Waals surface area contributed by atoms with Gasteiger partial charge < -0.3 is 5.11 Å². The summed E-state index contributed by atoms with van der Waals surface area (Å²) in [5.74, 6) is -0.409. The number of nitrogens with zero attached hydrogens (tertiary/aromatic N) is 1. The van der Waals surface area contributed by atoms with E-state index >= 15 is 0 Å². The van der Waals surface area contributed by atoms with Gasteiger partial charge in [0.05, 0.1) is 16.3 Å². The second-order valence-electron chi connectivity index (χ2n) is 3.13. The molecule has 1 saturated carbocycles. The minimum Gasteiger partial charge on any atom is -0.478 e. The molecular weight excluding hydrogens is 186 g/mol. The topological polar surface area (TPSA) is 50.2 Å². The van der Waals surface area contributed by atoms with E-state index in [2.05, 4.69) is 11.6 Å². The van der Waals surface area contributed by atoms with Gasteiger partial charge in [-0.05, 0) is 12.8 Å². The molecule has 1 aliphatic rings. The summed E-state index contributed by atoms with van der Waals surface area (Å²) in [7, 11) is 0. The number of hydrogen-bond donors (Lipinski definition) is 1. The third-order valence-corrected chi connectivity index (χ3v) is 3.02. The van der Waals surface area contributed by atoms with Crippen molar-refractivity contribution in [2.45, 2.75) is 18.8 Å². The van der Waals surface area contributed by atoms with E-state index in [4.69, 9.17) is 5.11 Å². The minimum atomic E-state index is -0.993. The molecule has 0 spiro atoms. The molecule has 3 nitrogen and oxygen atoms in total. The van der Waals surface area contributed by atoms with Crippen LogP contribution in [0.25, 0.3) is 5.57 Å². The smallest absolute Gasteiger partial charge is 0.337 e. The zero-order valence-corrected chi connectivity index (χ0v) is 7.80. The van der Waals surface area contributed by atoms with E-state index in [0.29, 0.717) is 11.6 Å². The van der Waals surface area contributed by atoms with E-state index in [1.807, 2.05) is 0 Å². The molecule has 0 amide bonds. The third-order valence-electron chi connectivity index (χ3n) is 2.02. The number of hydrogen-bond acceptors (Lipinski definition) is 3. The molecule has 0 saturated heterocycles. The van der Waals surface area contributed by atoms with Crippen molar-refractivity contribution in [1.29, 1.82) is 0 Å². The van der Waals surface area contributed by atoms with Crippen LogP contribution in [0.3, 0.4) is 0 Å². The Hall–Kier alpha value is -1.16. The summed E-state index contributed by atoms with van der Waals surface area (Å²) in [5, 5.41) is 11.5. The molecule has 0 atom stereocenters. The fourth-order valence-corrected chi connectivity index (χ4v) is 2.06. The normalized spacial score (nSPS) is 15.7. The van der Waals surface area contributed by atoms with Gasteiger partial charge in [-0.2, -0.15) is 0 Å². The van der Waals surface area contributed by atoms with Crippen LogP contribution in [0.2, 0.25) is 0 Å². The first-order valence-corrected chi connectivity index (χ1v) is 4.94. The van der Waals surface area contributed by atoms with Gasteiger partial charge in [-0.1, -0.05) is 6.58 Å². The molecule has 68 valence electrons. The highest BCUT2D eigenvalue weighted by atomic mass is 32.1. The second kappa shape index (κ2) is 2.96. The van der Waals surface area contributed by atoms with Crippen molar-refractivity contribution in [2.24, 2.45) is 0 Å². The number of aliphatic carboxylic acids is 1. The molecule has 4 heteroatoms. The lowest BCUT2D eigenvalue weighted by atomic mass is 10.2. The van der Waals surface area contributed by atoms with E-state index in [-0.39, 0.29) is 5.57 Å². The van der Waals surface area contributed by atoms with Crippen LogP contribution in [0.5, 0.6) is 0 Å². The van der Waals surface area contributed by atoms with Crippen LogP contribution in [-0.4, -0.2) is 16.1 Å². The van der Waals surface area contributed by atoms with Crippen molar-refractivity contribution in [1.82, 2.24) is 4.98 Å². The van der Waals surface area contributed by atoms with E-state index in [1.54, 1.807) is 5.38 Å². The zero-order chi connectivity index (χ0) is 9.42. The fraction of sp³-hybridized carbons (Fsp3) is 0.333. The lowest BCUT2D eigenvalue weighted by Gasteiger charge is -1.92. The number of rotatable bonds is 3. The first-order valence-electron chi connectivity index (χ1n) is 4.06. The highest BCUT2D eigenvalue weighted by Gasteiger charge is 2.27. The monoisotopic (exact) mass is 195 g/mol. The maximum atomic E-state index is 10.6. The Bertz CT molecular complexity index is 365. The summed E-state index contributed by atoms with van der Waals surface area (Å²) in [5.41, 5.74) is 0.600. The molecule has 0 unspecified atom stereocenters. The molecule has 13 heavy (non-hydrogen) atoms. The molecule has 1 aromatic heterocycles. The van der Waals surface area contributed by atoms with Crippen molar-refractivity contribution in [3.8, 4) is 0 Å². The van der Waals surface area contributed by atoms with Crippen LogP contribution in [0, 0.1) is 0 Å². The minimum absolute atomic E-state index is 0.0863. The van der Waals surface area contributed by atoms with Crippen LogP contribution >= 0.6 is 11.3 Å². The zero-order valence-electron chi connectivity index (χ0n) is 6.99. The van der Waals surface area contributed by atoms with Crippen molar-refractivity contribution in [3.05, 3.63) is 22.7 Å². The van der Waals surface area contributed by atoms with Gasteiger partial charge in [-0.3, -0.25) is 0 Å². The highest BCUT2D eigenvalue weighted by Crippen LogP contribution is 2.41. The Kier molecular flexibility index (Phi) is 1.92. The second-order valence-corrected chi connectivity index (χ2v) is 4.02. The van der Waals surface area contributed by atoms with Crippen LogP contribution < -0.4 is 0 Å². The lowest BCUT2D eigenvalue weighted by Crippen LogP contribution is -1.98. The molecule has 1 fully saturated rings.